The van der Waals surface area contributed by atoms with E-state index in [0.717, 1.165) is 36.9 Å². The molecule has 1 fully saturated rings. The van der Waals surface area contributed by atoms with Crippen molar-refractivity contribution in [3.05, 3.63) is 34.8 Å². The summed E-state index contributed by atoms with van der Waals surface area (Å²) in [5.41, 5.74) is 3.44. The molecule has 6 nitrogen and oxygen atoms in total. The molecule has 2 aromatic heterocycles. The van der Waals surface area contributed by atoms with Crippen LogP contribution in [-0.2, 0) is 16.7 Å². The number of rotatable bonds is 3. The quantitative estimate of drug-likeness (QED) is 0.865. The third-order valence-electron chi connectivity index (χ3n) is 4.74. The molecule has 0 amide bonds. The fraction of sp³-hybridized carbons (Fsp3) is 0.667. The van der Waals surface area contributed by atoms with Crippen molar-refractivity contribution in [3.8, 4) is 0 Å². The van der Waals surface area contributed by atoms with Gasteiger partial charge in [0.15, 0.2) is 0 Å². The summed E-state index contributed by atoms with van der Waals surface area (Å²) >= 11 is 0. The van der Waals surface area contributed by atoms with E-state index in [2.05, 4.69) is 51.6 Å². The molecule has 3 rings (SSSR count). The van der Waals surface area contributed by atoms with Gasteiger partial charge in [-0.2, -0.15) is 5.10 Å². The molecule has 0 N–H and O–H groups in total. The zero-order chi connectivity index (χ0) is 17.5. The van der Waals surface area contributed by atoms with Crippen molar-refractivity contribution >= 4 is 0 Å². The summed E-state index contributed by atoms with van der Waals surface area (Å²) in [5, 5.41) is 4.72. The first-order chi connectivity index (χ1) is 11.3. The summed E-state index contributed by atoms with van der Waals surface area (Å²) in [7, 11) is 2.15. The summed E-state index contributed by atoms with van der Waals surface area (Å²) in [4.78, 5) is 6.76. The van der Waals surface area contributed by atoms with Crippen LogP contribution in [0.15, 0.2) is 10.6 Å². The molecule has 1 unspecified atom stereocenters. The molecule has 0 spiro atoms. The number of likely N-dealkylation sites (N-methyl/N-ethyl adjacent to an activating group) is 1. The van der Waals surface area contributed by atoms with Crippen molar-refractivity contribution in [2.75, 3.05) is 26.8 Å². The van der Waals surface area contributed by atoms with Gasteiger partial charge in [0.1, 0.15) is 12.3 Å². The maximum atomic E-state index is 5.92. The smallest absolute Gasteiger partial charge is 0.216 e. The van der Waals surface area contributed by atoms with Crippen LogP contribution in [0.3, 0.4) is 0 Å². The fourth-order valence-corrected chi connectivity index (χ4v) is 3.20. The van der Waals surface area contributed by atoms with Crippen LogP contribution in [0.1, 0.15) is 55.4 Å². The number of aromatic nitrogens is 3. The Hall–Kier alpha value is -1.66. The SMILES string of the molecule is Cc1nn(Cc2ncc(C(C)(C)C)o2)c(C)c1C1COCCN1C. The van der Waals surface area contributed by atoms with Crippen LogP contribution in [0, 0.1) is 13.8 Å². The van der Waals surface area contributed by atoms with Crippen molar-refractivity contribution in [2.45, 2.75) is 52.6 Å². The number of hydrogen-bond donors (Lipinski definition) is 0. The van der Waals surface area contributed by atoms with Crippen LogP contribution in [0.4, 0.5) is 0 Å². The molecule has 132 valence electrons. The summed E-state index contributed by atoms with van der Waals surface area (Å²) in [5.74, 6) is 1.60. The normalized spacial score (nSPS) is 19.8. The van der Waals surface area contributed by atoms with E-state index < -0.39 is 0 Å². The van der Waals surface area contributed by atoms with Gasteiger partial charge in [-0.1, -0.05) is 20.8 Å². The van der Waals surface area contributed by atoms with Gasteiger partial charge < -0.3 is 9.15 Å². The van der Waals surface area contributed by atoms with Gasteiger partial charge in [-0.05, 0) is 20.9 Å². The van der Waals surface area contributed by atoms with Gasteiger partial charge in [0.2, 0.25) is 5.89 Å². The minimum absolute atomic E-state index is 0.0341. The Labute approximate surface area is 143 Å². The third-order valence-corrected chi connectivity index (χ3v) is 4.74. The largest absolute Gasteiger partial charge is 0.443 e. The molecular weight excluding hydrogens is 304 g/mol. The van der Waals surface area contributed by atoms with Gasteiger partial charge in [0, 0.05) is 23.2 Å². The fourth-order valence-electron chi connectivity index (χ4n) is 3.20. The molecule has 24 heavy (non-hydrogen) atoms. The molecule has 1 atom stereocenters. The Balaban J connectivity index is 1.85. The van der Waals surface area contributed by atoms with Crippen molar-refractivity contribution in [1.29, 1.82) is 0 Å². The first-order valence-electron chi connectivity index (χ1n) is 8.54. The van der Waals surface area contributed by atoms with Crippen LogP contribution < -0.4 is 0 Å². The average molecular weight is 332 g/mol. The van der Waals surface area contributed by atoms with E-state index in [4.69, 9.17) is 14.3 Å². The first-order valence-corrected chi connectivity index (χ1v) is 8.54. The van der Waals surface area contributed by atoms with Gasteiger partial charge in [0.05, 0.1) is 31.1 Å². The highest BCUT2D eigenvalue weighted by atomic mass is 16.5. The molecule has 0 saturated carbocycles. The lowest BCUT2D eigenvalue weighted by atomic mass is 9.94. The lowest BCUT2D eigenvalue weighted by Gasteiger charge is -2.32. The molecule has 1 saturated heterocycles. The Kier molecular flexibility index (Phi) is 4.53. The van der Waals surface area contributed by atoms with Crippen molar-refractivity contribution in [1.82, 2.24) is 19.7 Å². The number of aryl methyl sites for hydroxylation is 1. The van der Waals surface area contributed by atoms with E-state index in [-0.39, 0.29) is 11.5 Å². The van der Waals surface area contributed by atoms with Crippen LogP contribution in [-0.4, -0.2) is 46.5 Å². The van der Waals surface area contributed by atoms with E-state index in [0.29, 0.717) is 12.4 Å². The second kappa shape index (κ2) is 6.33. The van der Waals surface area contributed by atoms with E-state index in [1.807, 2.05) is 10.9 Å². The van der Waals surface area contributed by atoms with Gasteiger partial charge in [-0.3, -0.25) is 9.58 Å². The van der Waals surface area contributed by atoms with Crippen LogP contribution >= 0.6 is 0 Å². The van der Waals surface area contributed by atoms with Crippen LogP contribution in [0.5, 0.6) is 0 Å². The minimum Gasteiger partial charge on any atom is -0.443 e. The lowest BCUT2D eigenvalue weighted by Crippen LogP contribution is -2.37. The highest BCUT2D eigenvalue weighted by Gasteiger charge is 2.28. The Morgan fingerprint density at radius 3 is 2.67 bits per heavy atom. The molecule has 2 aromatic rings. The standard InChI is InChI=1S/C18H28N4O2/c1-12-17(14-11-23-8-7-21(14)6)13(2)22(20-12)10-16-19-9-15(24-16)18(3,4)5/h9,14H,7-8,10-11H2,1-6H3. The Morgan fingerprint density at radius 2 is 2.04 bits per heavy atom. The van der Waals surface area contributed by atoms with Gasteiger partial charge in [-0.15, -0.1) is 0 Å². The second-order valence-electron chi connectivity index (χ2n) is 7.68. The molecule has 6 heteroatoms. The predicted molar refractivity (Wildman–Crippen MR) is 92.2 cm³/mol. The zero-order valence-corrected chi connectivity index (χ0v) is 15.6. The third kappa shape index (κ3) is 3.26. The summed E-state index contributed by atoms with van der Waals surface area (Å²) in [6, 6.07) is 0.266. The number of oxazole rings is 1. The molecular formula is C18H28N4O2. The van der Waals surface area contributed by atoms with E-state index in [1.54, 1.807) is 0 Å². The van der Waals surface area contributed by atoms with Crippen LogP contribution in [0.2, 0.25) is 0 Å². The number of hydrogen-bond acceptors (Lipinski definition) is 5. The van der Waals surface area contributed by atoms with Gasteiger partial charge in [-0.25, -0.2) is 4.98 Å². The van der Waals surface area contributed by atoms with Crippen LogP contribution in [0.25, 0.3) is 0 Å². The van der Waals surface area contributed by atoms with Crippen molar-refractivity contribution in [3.63, 3.8) is 0 Å². The summed E-state index contributed by atoms with van der Waals surface area (Å²) < 4.78 is 13.6. The highest BCUT2D eigenvalue weighted by Crippen LogP contribution is 2.29. The summed E-state index contributed by atoms with van der Waals surface area (Å²) in [6.45, 7) is 13.6. The number of morpholine rings is 1. The molecule has 3 heterocycles. The monoisotopic (exact) mass is 332 g/mol. The summed E-state index contributed by atoms with van der Waals surface area (Å²) in [6.07, 6.45) is 1.82. The zero-order valence-electron chi connectivity index (χ0n) is 15.6. The van der Waals surface area contributed by atoms with E-state index >= 15 is 0 Å². The van der Waals surface area contributed by atoms with E-state index in [9.17, 15) is 0 Å². The van der Waals surface area contributed by atoms with Crippen molar-refractivity contribution in [2.24, 2.45) is 0 Å². The molecule has 0 radical (unpaired) electrons. The minimum atomic E-state index is -0.0341. The number of ether oxygens (including phenoxy) is 1. The van der Waals surface area contributed by atoms with E-state index in [1.165, 1.54) is 5.56 Å². The first kappa shape index (κ1) is 17.2. The second-order valence-corrected chi connectivity index (χ2v) is 7.68. The lowest BCUT2D eigenvalue weighted by molar-refractivity contribution is 0.00457. The molecule has 0 bridgehead atoms. The maximum Gasteiger partial charge on any atom is 0.216 e. The molecule has 0 aromatic carbocycles. The van der Waals surface area contributed by atoms with Crippen molar-refractivity contribution < 1.29 is 9.15 Å². The molecule has 1 aliphatic rings. The Morgan fingerprint density at radius 1 is 1.29 bits per heavy atom. The molecule has 1 aliphatic heterocycles. The van der Waals surface area contributed by atoms with Gasteiger partial charge >= 0.3 is 0 Å². The number of nitrogens with zero attached hydrogens (tertiary/aromatic N) is 4. The maximum absolute atomic E-state index is 5.92. The average Bonchev–Trinajstić information content (AvgIpc) is 3.06. The molecule has 0 aliphatic carbocycles. The topological polar surface area (TPSA) is 56.3 Å². The Bertz CT molecular complexity index is 711. The van der Waals surface area contributed by atoms with Gasteiger partial charge in [0.25, 0.3) is 0 Å². The predicted octanol–water partition coefficient (Wildman–Crippen LogP) is 2.84. The highest BCUT2D eigenvalue weighted by molar-refractivity contribution is 5.29.